The van der Waals surface area contributed by atoms with Crippen LogP contribution in [-0.4, -0.2) is 36.2 Å². The molecule has 0 radical (unpaired) electrons. The van der Waals surface area contributed by atoms with Crippen LogP contribution in [0.3, 0.4) is 0 Å². The molecule has 14 heavy (non-hydrogen) atoms. The molecule has 2 rings (SSSR count). The van der Waals surface area contributed by atoms with E-state index >= 15 is 0 Å². The van der Waals surface area contributed by atoms with Crippen LogP contribution in [0.15, 0.2) is 4.99 Å². The monoisotopic (exact) mass is 214 g/mol. The average Bonchev–Trinajstić information content (AvgIpc) is 2.43. The summed E-state index contributed by atoms with van der Waals surface area (Å²) in [5, 5.41) is 5.32. The molecular weight excluding hydrogens is 196 g/mol. The van der Waals surface area contributed by atoms with Gasteiger partial charge in [-0.1, -0.05) is 18.7 Å². The molecular formula is C10H18N2OS. The second-order valence-electron chi connectivity index (χ2n) is 3.96. The largest absolute Gasteiger partial charge is 0.381 e. The lowest BCUT2D eigenvalue weighted by Gasteiger charge is -2.16. The summed E-state index contributed by atoms with van der Waals surface area (Å²) in [4.78, 5) is 4.47. The molecule has 4 heteroatoms. The highest BCUT2D eigenvalue weighted by Crippen LogP contribution is 2.20. The van der Waals surface area contributed by atoms with Crippen molar-refractivity contribution in [2.75, 3.05) is 19.8 Å². The van der Waals surface area contributed by atoms with Gasteiger partial charge in [0.2, 0.25) is 0 Å². The summed E-state index contributed by atoms with van der Waals surface area (Å²) in [5.74, 6) is 0. The average molecular weight is 214 g/mol. The highest BCUT2D eigenvalue weighted by molar-refractivity contribution is 8.14. The van der Waals surface area contributed by atoms with Crippen LogP contribution in [0, 0.1) is 0 Å². The lowest BCUT2D eigenvalue weighted by molar-refractivity contribution is 0.143. The minimum Gasteiger partial charge on any atom is -0.381 e. The predicted octanol–water partition coefficient (Wildman–Crippen LogP) is 1.64. The Balaban J connectivity index is 1.78. The molecule has 1 fully saturated rings. The molecule has 0 spiro atoms. The highest BCUT2D eigenvalue weighted by Gasteiger charge is 2.19. The number of nitrogens with zero attached hydrogens (tertiary/aromatic N) is 1. The molecule has 1 saturated heterocycles. The van der Waals surface area contributed by atoms with Gasteiger partial charge < -0.3 is 10.1 Å². The summed E-state index contributed by atoms with van der Waals surface area (Å²) in [7, 11) is 0. The minimum absolute atomic E-state index is 0.578. The van der Waals surface area contributed by atoms with E-state index < -0.39 is 0 Å². The Morgan fingerprint density at radius 2 is 2.36 bits per heavy atom. The fourth-order valence-corrected chi connectivity index (χ4v) is 2.69. The topological polar surface area (TPSA) is 33.6 Å². The Bertz CT molecular complexity index is 212. The van der Waals surface area contributed by atoms with Gasteiger partial charge in [0.15, 0.2) is 5.17 Å². The van der Waals surface area contributed by atoms with E-state index in [0.717, 1.165) is 31.3 Å². The Morgan fingerprint density at radius 1 is 1.43 bits per heavy atom. The predicted molar refractivity (Wildman–Crippen MR) is 60.9 cm³/mol. The molecule has 80 valence electrons. The van der Waals surface area contributed by atoms with Gasteiger partial charge in [0, 0.05) is 24.5 Å². The minimum atomic E-state index is 0.578. The van der Waals surface area contributed by atoms with E-state index in [1.54, 1.807) is 0 Å². The number of ether oxygens (including phenoxy) is 1. The number of nitrogens with one attached hydrogen (secondary N) is 1. The van der Waals surface area contributed by atoms with Crippen LogP contribution < -0.4 is 5.32 Å². The fourth-order valence-electron chi connectivity index (χ4n) is 1.78. The standard InChI is InChI=1S/C10H18N2OS/c1-8-7-11-10(14-8)12-9-3-2-5-13-6-4-9/h8-9H,2-7H2,1H3,(H,11,12). The van der Waals surface area contributed by atoms with Crippen LogP contribution in [0.25, 0.3) is 0 Å². The Labute approximate surface area is 89.7 Å². The molecule has 2 heterocycles. The molecule has 0 aliphatic carbocycles. The molecule has 2 aliphatic heterocycles. The van der Waals surface area contributed by atoms with E-state index in [9.17, 15) is 0 Å². The number of thioether (sulfide) groups is 1. The van der Waals surface area contributed by atoms with Crippen LogP contribution in [-0.2, 0) is 4.74 Å². The Kier molecular flexibility index (Phi) is 3.70. The van der Waals surface area contributed by atoms with Crippen molar-refractivity contribution in [1.82, 2.24) is 5.32 Å². The number of rotatable bonds is 1. The molecule has 3 nitrogen and oxygen atoms in total. The summed E-state index contributed by atoms with van der Waals surface area (Å²) in [6.07, 6.45) is 3.51. The van der Waals surface area contributed by atoms with Gasteiger partial charge in [-0.15, -0.1) is 0 Å². The molecule has 0 saturated carbocycles. The molecule has 0 aromatic heterocycles. The quantitative estimate of drug-likeness (QED) is 0.720. The van der Waals surface area contributed by atoms with Gasteiger partial charge in [0.05, 0.1) is 6.54 Å². The van der Waals surface area contributed by atoms with E-state index in [4.69, 9.17) is 4.74 Å². The van der Waals surface area contributed by atoms with E-state index in [0.29, 0.717) is 11.3 Å². The molecule has 0 aromatic rings. The van der Waals surface area contributed by atoms with Crippen molar-refractivity contribution in [2.45, 2.75) is 37.5 Å². The zero-order valence-corrected chi connectivity index (χ0v) is 9.48. The van der Waals surface area contributed by atoms with E-state index in [1.165, 1.54) is 12.8 Å². The zero-order chi connectivity index (χ0) is 9.80. The zero-order valence-electron chi connectivity index (χ0n) is 8.66. The Morgan fingerprint density at radius 3 is 3.14 bits per heavy atom. The summed E-state index contributed by atoms with van der Waals surface area (Å²) in [6.45, 7) is 5.01. The lowest BCUT2D eigenvalue weighted by atomic mass is 10.1. The lowest BCUT2D eigenvalue weighted by Crippen LogP contribution is -2.32. The number of hydrogen-bond acceptors (Lipinski definition) is 4. The normalized spacial score (nSPS) is 33.6. The summed E-state index contributed by atoms with van der Waals surface area (Å²) < 4.78 is 5.42. The van der Waals surface area contributed by atoms with E-state index in [-0.39, 0.29) is 0 Å². The third-order valence-electron chi connectivity index (χ3n) is 2.58. The van der Waals surface area contributed by atoms with Crippen molar-refractivity contribution >= 4 is 16.9 Å². The first-order chi connectivity index (χ1) is 6.84. The van der Waals surface area contributed by atoms with Gasteiger partial charge >= 0.3 is 0 Å². The summed E-state index contributed by atoms with van der Waals surface area (Å²) in [6, 6.07) is 0.578. The number of aliphatic imine (C=N–C) groups is 1. The molecule has 0 amide bonds. The number of amidine groups is 1. The van der Waals surface area contributed by atoms with Crippen molar-refractivity contribution in [2.24, 2.45) is 4.99 Å². The first-order valence-electron chi connectivity index (χ1n) is 5.40. The van der Waals surface area contributed by atoms with Crippen molar-refractivity contribution in [3.63, 3.8) is 0 Å². The van der Waals surface area contributed by atoms with E-state index in [1.807, 2.05) is 11.8 Å². The maximum atomic E-state index is 5.42. The molecule has 0 bridgehead atoms. The van der Waals surface area contributed by atoms with Gasteiger partial charge in [0.25, 0.3) is 0 Å². The van der Waals surface area contributed by atoms with Crippen LogP contribution in [0.4, 0.5) is 0 Å². The van der Waals surface area contributed by atoms with Gasteiger partial charge in [-0.25, -0.2) is 0 Å². The van der Waals surface area contributed by atoms with Crippen molar-refractivity contribution in [3.8, 4) is 0 Å². The van der Waals surface area contributed by atoms with Crippen LogP contribution in [0.1, 0.15) is 26.2 Å². The van der Waals surface area contributed by atoms with Gasteiger partial charge in [-0.2, -0.15) is 0 Å². The second kappa shape index (κ2) is 5.03. The smallest absolute Gasteiger partial charge is 0.157 e. The van der Waals surface area contributed by atoms with Gasteiger partial charge in [-0.3, -0.25) is 4.99 Å². The summed E-state index contributed by atoms with van der Waals surface area (Å²) >= 11 is 1.86. The van der Waals surface area contributed by atoms with Gasteiger partial charge in [-0.05, 0) is 19.3 Å². The third kappa shape index (κ3) is 2.89. The van der Waals surface area contributed by atoms with Crippen molar-refractivity contribution < 1.29 is 4.74 Å². The molecule has 1 N–H and O–H groups in total. The fraction of sp³-hybridized carbons (Fsp3) is 0.900. The molecule has 2 aliphatic rings. The molecule has 2 atom stereocenters. The second-order valence-corrected chi connectivity index (χ2v) is 5.39. The molecule has 2 unspecified atom stereocenters. The van der Waals surface area contributed by atoms with Crippen LogP contribution in [0.5, 0.6) is 0 Å². The first kappa shape index (κ1) is 10.3. The Hall–Kier alpha value is -0.220. The van der Waals surface area contributed by atoms with Crippen LogP contribution >= 0.6 is 11.8 Å². The number of hydrogen-bond donors (Lipinski definition) is 1. The SMILES string of the molecule is CC1CN=C(NC2CCCOCC2)S1. The maximum Gasteiger partial charge on any atom is 0.157 e. The first-order valence-corrected chi connectivity index (χ1v) is 6.28. The van der Waals surface area contributed by atoms with Crippen molar-refractivity contribution in [1.29, 1.82) is 0 Å². The van der Waals surface area contributed by atoms with Crippen LogP contribution in [0.2, 0.25) is 0 Å². The highest BCUT2D eigenvalue weighted by atomic mass is 32.2. The van der Waals surface area contributed by atoms with E-state index in [2.05, 4.69) is 17.2 Å². The maximum absolute atomic E-state index is 5.42. The molecule has 0 aromatic carbocycles. The summed E-state index contributed by atoms with van der Waals surface area (Å²) in [5.41, 5.74) is 0. The van der Waals surface area contributed by atoms with Crippen molar-refractivity contribution in [3.05, 3.63) is 0 Å². The third-order valence-corrected chi connectivity index (χ3v) is 3.61. The van der Waals surface area contributed by atoms with Gasteiger partial charge in [0.1, 0.15) is 0 Å².